The molecule has 2 aromatic rings. The Bertz CT molecular complexity index is 951. The third-order valence-corrected chi connectivity index (χ3v) is 4.87. The summed E-state index contributed by atoms with van der Waals surface area (Å²) in [6.07, 6.45) is -1.21. The first-order valence-corrected chi connectivity index (χ1v) is 8.65. The number of aliphatic hydroxyl groups is 1. The van der Waals surface area contributed by atoms with E-state index in [9.17, 15) is 29.9 Å². The van der Waals surface area contributed by atoms with Crippen LogP contribution in [-0.2, 0) is 6.54 Å². The second-order valence-corrected chi connectivity index (χ2v) is 6.62. The van der Waals surface area contributed by atoms with Gasteiger partial charge in [-0.2, -0.15) is 0 Å². The van der Waals surface area contributed by atoms with Crippen LogP contribution in [-0.4, -0.2) is 51.2 Å². The van der Waals surface area contributed by atoms with E-state index in [4.69, 9.17) is 11.6 Å². The molecule has 0 fully saturated rings. The van der Waals surface area contributed by atoms with E-state index >= 15 is 0 Å². The number of nitro benzene ring substituents is 1. The fourth-order valence-corrected chi connectivity index (χ4v) is 3.39. The lowest BCUT2D eigenvalue weighted by Crippen LogP contribution is -2.47. The van der Waals surface area contributed by atoms with Gasteiger partial charge in [-0.3, -0.25) is 19.8 Å². The molecule has 0 saturated heterocycles. The number of carbonyl (C=O) groups is 2. The molecule has 0 aromatic heterocycles. The molecule has 2 amide bonds. The normalized spacial score (nSPS) is 16.3. The number of carbonyl (C=O) groups excluding carboxylic acids is 1. The van der Waals surface area contributed by atoms with Crippen molar-refractivity contribution in [2.24, 2.45) is 0 Å². The SMILES string of the molecule is O=C(c1ccc([N+](=O)[O-])cc1Cl)N1CC(CO)N(C(=O)O)Cc2ccccc21. The standard InChI is InChI=1S/C18H16ClN3O6/c19-15-7-12(22(27)28)5-6-14(15)17(24)21-9-13(10-23)20(18(25)26)8-11-3-1-2-4-16(11)21/h1-7,13,23H,8-10H2,(H,25,26). The zero-order valence-electron chi connectivity index (χ0n) is 14.5. The second-order valence-electron chi connectivity index (χ2n) is 6.21. The quantitative estimate of drug-likeness (QED) is 0.597. The van der Waals surface area contributed by atoms with Crippen molar-refractivity contribution >= 4 is 35.0 Å². The molecule has 1 aliphatic heterocycles. The maximum absolute atomic E-state index is 13.2. The fourth-order valence-electron chi connectivity index (χ4n) is 3.14. The highest BCUT2D eigenvalue weighted by molar-refractivity contribution is 6.34. The van der Waals surface area contributed by atoms with Crippen LogP contribution in [0.5, 0.6) is 0 Å². The Morgan fingerprint density at radius 2 is 1.96 bits per heavy atom. The fraction of sp³-hybridized carbons (Fsp3) is 0.222. The molecule has 2 aromatic carbocycles. The molecular weight excluding hydrogens is 390 g/mol. The number of halogens is 1. The summed E-state index contributed by atoms with van der Waals surface area (Å²) < 4.78 is 0. The smallest absolute Gasteiger partial charge is 0.407 e. The summed E-state index contributed by atoms with van der Waals surface area (Å²) in [7, 11) is 0. The average molecular weight is 406 g/mol. The summed E-state index contributed by atoms with van der Waals surface area (Å²) in [5, 5.41) is 30.0. The zero-order chi connectivity index (χ0) is 20.4. The summed E-state index contributed by atoms with van der Waals surface area (Å²) in [6.45, 7) is -0.557. The third-order valence-electron chi connectivity index (χ3n) is 4.55. The van der Waals surface area contributed by atoms with E-state index < -0.39 is 29.6 Å². The predicted molar refractivity (Wildman–Crippen MR) is 101 cm³/mol. The number of anilines is 1. The van der Waals surface area contributed by atoms with Crippen molar-refractivity contribution in [1.82, 2.24) is 4.90 Å². The van der Waals surface area contributed by atoms with Gasteiger partial charge in [0.2, 0.25) is 0 Å². The highest BCUT2D eigenvalue weighted by atomic mass is 35.5. The van der Waals surface area contributed by atoms with E-state index in [1.54, 1.807) is 24.3 Å². The third kappa shape index (κ3) is 3.62. The van der Waals surface area contributed by atoms with Crippen LogP contribution in [0.3, 0.4) is 0 Å². The lowest BCUT2D eigenvalue weighted by Gasteiger charge is -2.28. The lowest BCUT2D eigenvalue weighted by molar-refractivity contribution is -0.384. The molecule has 28 heavy (non-hydrogen) atoms. The maximum atomic E-state index is 13.2. The Kier molecular flexibility index (Phi) is 5.48. The molecule has 0 aliphatic carbocycles. The van der Waals surface area contributed by atoms with Gasteiger partial charge in [0.05, 0.1) is 34.7 Å². The van der Waals surface area contributed by atoms with Crippen molar-refractivity contribution in [3.05, 3.63) is 68.7 Å². The largest absolute Gasteiger partial charge is 0.465 e. The van der Waals surface area contributed by atoms with Gasteiger partial charge in [0, 0.05) is 24.4 Å². The molecule has 1 aliphatic rings. The number of rotatable bonds is 3. The number of para-hydroxylation sites is 1. The summed E-state index contributed by atoms with van der Waals surface area (Å²) in [5.74, 6) is -0.543. The minimum atomic E-state index is -1.21. The summed E-state index contributed by atoms with van der Waals surface area (Å²) >= 11 is 6.10. The van der Waals surface area contributed by atoms with Gasteiger partial charge < -0.3 is 15.1 Å². The molecule has 0 radical (unpaired) electrons. The van der Waals surface area contributed by atoms with E-state index in [0.717, 1.165) is 11.0 Å². The van der Waals surface area contributed by atoms with Gasteiger partial charge in [-0.15, -0.1) is 0 Å². The van der Waals surface area contributed by atoms with E-state index in [-0.39, 0.29) is 29.4 Å². The van der Waals surface area contributed by atoms with Crippen LogP contribution in [0.15, 0.2) is 42.5 Å². The number of aliphatic hydroxyl groups excluding tert-OH is 1. The average Bonchev–Trinajstić information content (AvgIpc) is 2.84. The highest BCUT2D eigenvalue weighted by Gasteiger charge is 2.34. The maximum Gasteiger partial charge on any atom is 0.407 e. The van der Waals surface area contributed by atoms with Crippen molar-refractivity contribution in [2.75, 3.05) is 18.1 Å². The van der Waals surface area contributed by atoms with Gasteiger partial charge in [0.1, 0.15) is 0 Å². The molecular formula is C18H16ClN3O6. The lowest BCUT2D eigenvalue weighted by atomic mass is 10.1. The molecule has 146 valence electrons. The Labute approximate surface area is 164 Å². The van der Waals surface area contributed by atoms with Crippen molar-refractivity contribution in [3.63, 3.8) is 0 Å². The van der Waals surface area contributed by atoms with Gasteiger partial charge in [-0.1, -0.05) is 29.8 Å². The number of benzene rings is 2. The Morgan fingerprint density at radius 1 is 1.25 bits per heavy atom. The van der Waals surface area contributed by atoms with Gasteiger partial charge >= 0.3 is 6.09 Å². The number of hydrogen-bond donors (Lipinski definition) is 2. The number of nitrogens with zero attached hydrogens (tertiary/aromatic N) is 3. The van der Waals surface area contributed by atoms with Crippen molar-refractivity contribution in [3.8, 4) is 0 Å². The Balaban J connectivity index is 2.05. The van der Waals surface area contributed by atoms with E-state index in [1.807, 2.05) is 0 Å². The minimum Gasteiger partial charge on any atom is -0.465 e. The van der Waals surface area contributed by atoms with Crippen LogP contribution in [0.25, 0.3) is 0 Å². The first kappa shape index (κ1) is 19.6. The Morgan fingerprint density at radius 3 is 2.57 bits per heavy atom. The first-order valence-electron chi connectivity index (χ1n) is 8.27. The minimum absolute atomic E-state index is 0.00844. The predicted octanol–water partition coefficient (Wildman–Crippen LogP) is 2.75. The molecule has 0 spiro atoms. The van der Waals surface area contributed by atoms with Crippen LogP contribution in [0.2, 0.25) is 5.02 Å². The van der Waals surface area contributed by atoms with Gasteiger partial charge in [-0.05, 0) is 17.7 Å². The van der Waals surface area contributed by atoms with Gasteiger partial charge in [-0.25, -0.2) is 4.79 Å². The van der Waals surface area contributed by atoms with Crippen LogP contribution in [0.4, 0.5) is 16.2 Å². The monoisotopic (exact) mass is 405 g/mol. The molecule has 0 bridgehead atoms. The number of fused-ring (bicyclic) bond motifs is 1. The topological polar surface area (TPSA) is 124 Å². The molecule has 2 N–H and O–H groups in total. The highest BCUT2D eigenvalue weighted by Crippen LogP contribution is 2.31. The number of amides is 2. The first-order chi connectivity index (χ1) is 13.3. The molecule has 1 unspecified atom stereocenters. The molecule has 9 nitrogen and oxygen atoms in total. The van der Waals surface area contributed by atoms with Crippen LogP contribution < -0.4 is 4.90 Å². The van der Waals surface area contributed by atoms with Crippen molar-refractivity contribution < 1.29 is 24.7 Å². The summed E-state index contributed by atoms with van der Waals surface area (Å²) in [5.41, 5.74) is 0.877. The summed E-state index contributed by atoms with van der Waals surface area (Å²) in [4.78, 5) is 37.5. The van der Waals surface area contributed by atoms with Crippen LogP contribution in [0, 0.1) is 10.1 Å². The van der Waals surface area contributed by atoms with Crippen molar-refractivity contribution in [1.29, 1.82) is 0 Å². The molecule has 1 atom stereocenters. The van der Waals surface area contributed by atoms with Gasteiger partial charge in [0.25, 0.3) is 11.6 Å². The zero-order valence-corrected chi connectivity index (χ0v) is 15.2. The molecule has 3 rings (SSSR count). The van der Waals surface area contributed by atoms with Gasteiger partial charge in [0.15, 0.2) is 0 Å². The van der Waals surface area contributed by atoms with Crippen LogP contribution in [0.1, 0.15) is 15.9 Å². The second kappa shape index (κ2) is 7.83. The number of non-ortho nitro benzene ring substituents is 1. The van der Waals surface area contributed by atoms with E-state index in [0.29, 0.717) is 11.3 Å². The van der Waals surface area contributed by atoms with Crippen LogP contribution >= 0.6 is 11.6 Å². The number of hydrogen-bond acceptors (Lipinski definition) is 5. The molecule has 1 heterocycles. The summed E-state index contributed by atoms with van der Waals surface area (Å²) in [6, 6.07) is 9.49. The number of carboxylic acid groups (broad SMARTS) is 1. The number of nitro groups is 1. The Hall–Kier alpha value is -3.17. The van der Waals surface area contributed by atoms with Crippen molar-refractivity contribution in [2.45, 2.75) is 12.6 Å². The van der Waals surface area contributed by atoms with E-state index in [2.05, 4.69) is 0 Å². The van der Waals surface area contributed by atoms with E-state index in [1.165, 1.54) is 17.0 Å². The molecule has 10 heteroatoms. The molecule has 0 saturated carbocycles.